The third-order valence-corrected chi connectivity index (χ3v) is 4.62. The Kier molecular flexibility index (Phi) is 5.26. The molecule has 10 heteroatoms. The number of carbonyl (C=O) groups is 1. The summed E-state index contributed by atoms with van der Waals surface area (Å²) in [6.45, 7) is 9.51. The first-order valence-corrected chi connectivity index (χ1v) is 9.29. The van der Waals surface area contributed by atoms with Crippen molar-refractivity contribution < 1.29 is 9.32 Å². The summed E-state index contributed by atoms with van der Waals surface area (Å²) in [6, 6.07) is 7.29. The van der Waals surface area contributed by atoms with E-state index in [9.17, 15) is 4.79 Å². The number of hydrogen-bond acceptors (Lipinski definition) is 8. The second kappa shape index (κ2) is 7.47. The quantitative estimate of drug-likeness (QED) is 0.665. The summed E-state index contributed by atoms with van der Waals surface area (Å²) in [6.07, 6.45) is 0. The number of rotatable bonds is 5. The molecule has 142 valence electrons. The molecule has 27 heavy (non-hydrogen) atoms. The van der Waals surface area contributed by atoms with Crippen molar-refractivity contribution in [2.24, 2.45) is 0 Å². The van der Waals surface area contributed by atoms with E-state index in [1.54, 1.807) is 16.8 Å². The van der Waals surface area contributed by atoms with E-state index in [0.29, 0.717) is 22.6 Å². The van der Waals surface area contributed by atoms with E-state index < -0.39 is 0 Å². The molecule has 0 unspecified atom stereocenters. The normalized spacial score (nSPS) is 12.8. The molecular formula is C17H21N7O2S. The average Bonchev–Trinajstić information content (AvgIpc) is 3.23. The number of tetrazole rings is 1. The molecule has 0 aliphatic heterocycles. The Balaban J connectivity index is 1.81. The summed E-state index contributed by atoms with van der Waals surface area (Å²) < 4.78 is 7.01. The molecule has 9 nitrogen and oxygen atoms in total. The lowest BCUT2D eigenvalue weighted by atomic mass is 9.96. The minimum atomic E-state index is -0.183. The molecule has 1 aromatic carbocycles. The molecule has 1 atom stereocenters. The third kappa shape index (κ3) is 4.51. The molecule has 0 spiro atoms. The zero-order chi connectivity index (χ0) is 19.6. The van der Waals surface area contributed by atoms with Gasteiger partial charge in [0.25, 0.3) is 0 Å². The van der Waals surface area contributed by atoms with Crippen LogP contribution in [0.15, 0.2) is 33.9 Å². The summed E-state index contributed by atoms with van der Waals surface area (Å²) in [5, 5.41) is 19.2. The lowest BCUT2D eigenvalue weighted by Gasteiger charge is -2.11. The first-order chi connectivity index (χ1) is 12.7. The molecule has 3 aromatic rings. The Morgan fingerprint density at radius 1 is 1.33 bits per heavy atom. The first-order valence-electron chi connectivity index (χ1n) is 8.41. The van der Waals surface area contributed by atoms with Crippen molar-refractivity contribution in [3.63, 3.8) is 0 Å². The first kappa shape index (κ1) is 19.0. The maximum Gasteiger partial charge on any atom is 0.239 e. The maximum atomic E-state index is 11.3. The predicted octanol–water partition coefficient (Wildman–Crippen LogP) is 3.15. The van der Waals surface area contributed by atoms with E-state index in [0.717, 1.165) is 5.69 Å². The number of hydrogen-bond donors (Lipinski definition) is 1. The Bertz CT molecular complexity index is 945. The van der Waals surface area contributed by atoms with Crippen LogP contribution in [0.3, 0.4) is 0 Å². The molecule has 0 radical (unpaired) electrons. The zero-order valence-electron chi connectivity index (χ0n) is 15.8. The van der Waals surface area contributed by atoms with E-state index in [-0.39, 0.29) is 16.6 Å². The molecule has 2 heterocycles. The van der Waals surface area contributed by atoms with Gasteiger partial charge in [0.1, 0.15) is 0 Å². The molecular weight excluding hydrogens is 366 g/mol. The minimum Gasteiger partial charge on any atom is -0.338 e. The highest BCUT2D eigenvalue weighted by molar-refractivity contribution is 7.99. The van der Waals surface area contributed by atoms with Crippen LogP contribution in [0.5, 0.6) is 0 Å². The SMILES string of the molecule is CC(=O)Nc1cccc(-n2nnnc2S[C@@H](C)c2nc(C(C)(C)C)no2)c1. The number of thioether (sulfide) groups is 1. The molecule has 0 fully saturated rings. The summed E-state index contributed by atoms with van der Waals surface area (Å²) in [4.78, 5) is 15.8. The van der Waals surface area contributed by atoms with Gasteiger partial charge in [-0.2, -0.15) is 9.67 Å². The van der Waals surface area contributed by atoms with Crippen LogP contribution < -0.4 is 5.32 Å². The smallest absolute Gasteiger partial charge is 0.239 e. The molecule has 1 amide bonds. The second-order valence-electron chi connectivity index (χ2n) is 7.07. The molecule has 0 aliphatic carbocycles. The Labute approximate surface area is 160 Å². The molecule has 0 saturated heterocycles. The summed E-state index contributed by atoms with van der Waals surface area (Å²) >= 11 is 1.41. The third-order valence-electron chi connectivity index (χ3n) is 3.59. The van der Waals surface area contributed by atoms with Crippen LogP contribution in [0.2, 0.25) is 0 Å². The number of aromatic nitrogens is 6. The van der Waals surface area contributed by atoms with Crippen LogP contribution in [0.1, 0.15) is 51.6 Å². The van der Waals surface area contributed by atoms with Crippen molar-refractivity contribution in [2.45, 2.75) is 50.4 Å². The fourth-order valence-electron chi connectivity index (χ4n) is 2.25. The van der Waals surface area contributed by atoms with Crippen molar-refractivity contribution in [3.8, 4) is 5.69 Å². The number of benzene rings is 1. The number of nitrogens with one attached hydrogen (secondary N) is 1. The van der Waals surface area contributed by atoms with Crippen LogP contribution >= 0.6 is 11.8 Å². The van der Waals surface area contributed by atoms with E-state index >= 15 is 0 Å². The fraction of sp³-hybridized carbons (Fsp3) is 0.412. The summed E-state index contributed by atoms with van der Waals surface area (Å²) in [5.41, 5.74) is 1.23. The number of anilines is 1. The Morgan fingerprint density at radius 2 is 2.11 bits per heavy atom. The number of carbonyl (C=O) groups excluding carboxylic acids is 1. The molecule has 0 bridgehead atoms. The van der Waals surface area contributed by atoms with Gasteiger partial charge in [-0.3, -0.25) is 4.79 Å². The maximum absolute atomic E-state index is 11.3. The van der Waals surface area contributed by atoms with Crippen LogP contribution in [-0.2, 0) is 10.2 Å². The van der Waals surface area contributed by atoms with Gasteiger partial charge in [-0.05, 0) is 35.5 Å². The van der Waals surface area contributed by atoms with E-state index in [1.165, 1.54) is 18.7 Å². The van der Waals surface area contributed by atoms with Gasteiger partial charge in [-0.1, -0.05) is 43.8 Å². The predicted molar refractivity (Wildman–Crippen MR) is 101 cm³/mol. The van der Waals surface area contributed by atoms with Gasteiger partial charge in [0.2, 0.25) is 17.0 Å². The Hall–Kier alpha value is -2.75. The minimum absolute atomic E-state index is 0.128. The van der Waals surface area contributed by atoms with E-state index in [2.05, 4.69) is 31.0 Å². The molecule has 0 saturated carbocycles. The number of amides is 1. The van der Waals surface area contributed by atoms with Crippen molar-refractivity contribution in [1.82, 2.24) is 30.3 Å². The second-order valence-corrected chi connectivity index (χ2v) is 8.38. The highest BCUT2D eigenvalue weighted by Crippen LogP contribution is 2.34. The topological polar surface area (TPSA) is 112 Å². The average molecular weight is 387 g/mol. The van der Waals surface area contributed by atoms with Gasteiger partial charge >= 0.3 is 0 Å². The molecule has 0 aliphatic rings. The lowest BCUT2D eigenvalue weighted by Crippen LogP contribution is -2.13. The van der Waals surface area contributed by atoms with E-state index in [4.69, 9.17) is 4.52 Å². The highest BCUT2D eigenvalue weighted by atomic mass is 32.2. The molecule has 2 aromatic heterocycles. The van der Waals surface area contributed by atoms with Crippen LogP contribution in [-0.4, -0.2) is 36.3 Å². The monoisotopic (exact) mass is 387 g/mol. The summed E-state index contributed by atoms with van der Waals surface area (Å²) in [7, 11) is 0. The van der Waals surface area contributed by atoms with Gasteiger partial charge in [0.15, 0.2) is 5.82 Å². The largest absolute Gasteiger partial charge is 0.338 e. The standard InChI is InChI=1S/C17H21N7O2S/c1-10(14-19-15(21-26-14)17(3,4)5)27-16-20-22-23-24(16)13-8-6-7-12(9-13)18-11(2)25/h6-10H,1-5H3,(H,18,25)/t10-/m0/s1. The van der Waals surface area contributed by atoms with Crippen molar-refractivity contribution >= 4 is 23.4 Å². The lowest BCUT2D eigenvalue weighted by molar-refractivity contribution is -0.114. The highest BCUT2D eigenvalue weighted by Gasteiger charge is 2.25. The fourth-order valence-corrected chi connectivity index (χ4v) is 3.08. The van der Waals surface area contributed by atoms with Crippen molar-refractivity contribution in [1.29, 1.82) is 0 Å². The van der Waals surface area contributed by atoms with Crippen LogP contribution in [0, 0.1) is 0 Å². The van der Waals surface area contributed by atoms with E-state index in [1.807, 2.05) is 39.8 Å². The van der Waals surface area contributed by atoms with Crippen LogP contribution in [0.25, 0.3) is 5.69 Å². The van der Waals surface area contributed by atoms with Gasteiger partial charge in [0, 0.05) is 18.0 Å². The van der Waals surface area contributed by atoms with Gasteiger partial charge < -0.3 is 9.84 Å². The molecule has 1 N–H and O–H groups in total. The van der Waals surface area contributed by atoms with Gasteiger partial charge in [-0.15, -0.1) is 5.10 Å². The Morgan fingerprint density at radius 3 is 2.78 bits per heavy atom. The number of nitrogens with zero attached hydrogens (tertiary/aromatic N) is 6. The van der Waals surface area contributed by atoms with Gasteiger partial charge in [-0.25, -0.2) is 0 Å². The zero-order valence-corrected chi connectivity index (χ0v) is 16.6. The summed E-state index contributed by atoms with van der Waals surface area (Å²) in [5.74, 6) is 1.04. The van der Waals surface area contributed by atoms with Crippen molar-refractivity contribution in [2.75, 3.05) is 5.32 Å². The van der Waals surface area contributed by atoms with Gasteiger partial charge in [0.05, 0.1) is 10.9 Å². The van der Waals surface area contributed by atoms with Crippen molar-refractivity contribution in [3.05, 3.63) is 36.0 Å². The van der Waals surface area contributed by atoms with Crippen LogP contribution in [0.4, 0.5) is 5.69 Å². The molecule has 3 rings (SSSR count).